The van der Waals surface area contributed by atoms with E-state index in [-0.39, 0.29) is 34.0 Å². The maximum absolute atomic E-state index is 15.1. The summed E-state index contributed by atoms with van der Waals surface area (Å²) in [5.41, 5.74) is 8.08. The van der Waals surface area contributed by atoms with Crippen molar-refractivity contribution in [1.29, 1.82) is 0 Å². The molecule has 4 aromatic rings. The summed E-state index contributed by atoms with van der Waals surface area (Å²) >= 11 is 9.26. The molecule has 6 heterocycles. The predicted molar refractivity (Wildman–Crippen MR) is 183 cm³/mol. The molecular formula is C21H29FN10O16P4S2. The molecule has 0 aromatic carbocycles. The maximum atomic E-state index is 15.1. The highest BCUT2D eigenvalue weighted by atomic mass is 32.5. The number of halogens is 1. The zero-order valence-electron chi connectivity index (χ0n) is 26.5. The molecule has 298 valence electrons. The van der Waals surface area contributed by atoms with E-state index in [0.717, 1.165) is 12.7 Å². The van der Waals surface area contributed by atoms with Gasteiger partial charge < -0.3 is 70.0 Å². The minimum Gasteiger partial charge on any atom is -0.387 e. The van der Waals surface area contributed by atoms with E-state index in [1.54, 1.807) is 0 Å². The van der Waals surface area contributed by atoms with E-state index in [9.17, 15) is 49.1 Å². The minimum absolute atomic E-state index is 0.00537. The van der Waals surface area contributed by atoms with Gasteiger partial charge in [0.15, 0.2) is 35.4 Å². The van der Waals surface area contributed by atoms with Gasteiger partial charge in [-0.2, -0.15) is 0 Å². The van der Waals surface area contributed by atoms with E-state index in [0.29, 0.717) is 0 Å². The van der Waals surface area contributed by atoms with Crippen LogP contribution < -0.4 is 11.5 Å². The first-order valence-electron chi connectivity index (χ1n) is 14.7. The van der Waals surface area contributed by atoms with Gasteiger partial charge in [-0.05, 0) is 23.6 Å². The van der Waals surface area contributed by atoms with E-state index in [1.165, 1.54) is 21.8 Å². The Balaban J connectivity index is 1.04. The van der Waals surface area contributed by atoms with Crippen LogP contribution in [0.2, 0.25) is 0 Å². The summed E-state index contributed by atoms with van der Waals surface area (Å²) in [4.78, 5) is 64.7. The standard InChI is InChI=1S/C21H29FN10O16P4S2/c22-21(49(37,38)47-51(41,53)43-1-7-11(33)13(35)19(45-7)31-5-29-9-15(23)25-3-27-17(9)31)50(39,40)48-52(42,54)44-2-8-12(34)14(36)20(46-8)32-6-30-10-16(24)26-4-28-18(10)32/h3-8,11-14,19-21,33-36H,1-2H2,(H,37,38)(H,39,40)(H,41,53)(H,42,54)(H2,23,25,27)(H2,24,26,28)/t7-,8-,11-,12-,13-,14-,19-,20-,21?,51?,52?/m1/s1. The Morgan fingerprint density at radius 1 is 0.704 bits per heavy atom. The van der Waals surface area contributed by atoms with Crippen LogP contribution in [0.15, 0.2) is 25.3 Å². The number of nitrogens with zero attached hydrogens (tertiary/aromatic N) is 8. The lowest BCUT2D eigenvalue weighted by molar-refractivity contribution is -0.0486. The first-order valence-corrected chi connectivity index (χ1v) is 23.2. The summed E-state index contributed by atoms with van der Waals surface area (Å²) in [6.45, 7) is -11.9. The number of nitrogen functional groups attached to an aromatic ring is 2. The molecular weight excluding hydrogens is 855 g/mol. The number of aliphatic hydroxyl groups excluding tert-OH is 4. The molecule has 0 saturated carbocycles. The van der Waals surface area contributed by atoms with Gasteiger partial charge in [-0.1, -0.05) is 0 Å². The smallest absolute Gasteiger partial charge is 0.381 e. The number of aliphatic hydroxyl groups is 4. The Morgan fingerprint density at radius 3 is 1.44 bits per heavy atom. The summed E-state index contributed by atoms with van der Waals surface area (Å²) < 4.78 is 72.5. The van der Waals surface area contributed by atoms with Crippen LogP contribution in [-0.2, 0) is 59.9 Å². The van der Waals surface area contributed by atoms with Gasteiger partial charge in [0, 0.05) is 0 Å². The molecule has 0 bridgehead atoms. The molecule has 12 atom stereocenters. The van der Waals surface area contributed by atoms with Gasteiger partial charge in [-0.3, -0.25) is 18.3 Å². The molecule has 2 aliphatic rings. The molecule has 6 rings (SSSR count). The normalized spacial score (nSPS) is 31.2. The van der Waals surface area contributed by atoms with Crippen LogP contribution in [0.25, 0.3) is 22.3 Å². The highest BCUT2D eigenvalue weighted by molar-refractivity contribution is 8.09. The van der Waals surface area contributed by atoms with Gasteiger partial charge in [0.05, 0.1) is 25.9 Å². The van der Waals surface area contributed by atoms with Gasteiger partial charge in [0.25, 0.3) is 0 Å². The van der Waals surface area contributed by atoms with E-state index in [1.807, 2.05) is 0 Å². The van der Waals surface area contributed by atoms with Crippen molar-refractivity contribution in [2.45, 2.75) is 54.7 Å². The largest absolute Gasteiger partial charge is 0.387 e. The van der Waals surface area contributed by atoms with E-state index >= 15 is 4.39 Å². The first-order chi connectivity index (χ1) is 25.1. The van der Waals surface area contributed by atoms with Crippen molar-refractivity contribution >= 4 is 86.2 Å². The summed E-state index contributed by atoms with van der Waals surface area (Å²) in [5.74, 6) is 0.0107. The Kier molecular flexibility index (Phi) is 11.7. The molecule has 2 fully saturated rings. The Labute approximate surface area is 310 Å². The van der Waals surface area contributed by atoms with Crippen molar-refractivity contribution in [2.75, 3.05) is 24.7 Å². The predicted octanol–water partition coefficient (Wildman–Crippen LogP) is -1.81. The Bertz CT molecular complexity index is 2090. The van der Waals surface area contributed by atoms with Gasteiger partial charge in [0.1, 0.15) is 60.3 Å². The fourth-order valence-electron chi connectivity index (χ4n) is 5.25. The van der Waals surface area contributed by atoms with Crippen molar-refractivity contribution in [3.8, 4) is 0 Å². The lowest BCUT2D eigenvalue weighted by Gasteiger charge is -2.26. The second kappa shape index (κ2) is 15.3. The topological polar surface area (TPSA) is 391 Å². The van der Waals surface area contributed by atoms with E-state index in [2.05, 4.69) is 62.1 Å². The molecule has 33 heteroatoms. The van der Waals surface area contributed by atoms with Gasteiger partial charge in [-0.25, -0.2) is 42.9 Å². The number of alkyl halides is 1. The van der Waals surface area contributed by atoms with Crippen molar-refractivity contribution in [3.63, 3.8) is 0 Å². The first kappa shape index (κ1) is 41.5. The Morgan fingerprint density at radius 2 is 1.07 bits per heavy atom. The van der Waals surface area contributed by atoms with Gasteiger partial charge in [-0.15, -0.1) is 0 Å². The molecule has 54 heavy (non-hydrogen) atoms. The fraction of sp³-hybridized carbons (Fsp3) is 0.524. The van der Waals surface area contributed by atoms with Crippen LogP contribution in [0.1, 0.15) is 12.5 Å². The second-order valence-corrected chi connectivity index (χ2v) is 21.4. The average molecular weight is 885 g/mol. The number of hydrogen-bond donors (Lipinski definition) is 10. The minimum atomic E-state index is -6.15. The van der Waals surface area contributed by atoms with E-state index < -0.39 is 96.6 Å². The van der Waals surface area contributed by atoms with Crippen molar-refractivity contribution in [2.24, 2.45) is 0 Å². The zero-order valence-corrected chi connectivity index (χ0v) is 31.7. The number of hydrogen-bond acceptors (Lipinski definition) is 22. The molecule has 2 saturated heterocycles. The van der Waals surface area contributed by atoms with Crippen LogP contribution in [0.5, 0.6) is 0 Å². The Hall–Kier alpha value is -2.17. The number of fused-ring (bicyclic) bond motifs is 2. The van der Waals surface area contributed by atoms with Crippen molar-refractivity contribution in [1.82, 2.24) is 39.0 Å². The van der Waals surface area contributed by atoms with E-state index in [4.69, 9.17) is 30.0 Å². The third-order valence-electron chi connectivity index (χ3n) is 7.78. The molecule has 0 amide bonds. The number of imidazole rings is 2. The summed E-state index contributed by atoms with van der Waals surface area (Å²) in [5, 5.41) is 42.1. The molecule has 0 aliphatic carbocycles. The highest BCUT2D eigenvalue weighted by Crippen LogP contribution is 2.75. The number of nitrogens with two attached hydrogens (primary N) is 2. The molecule has 4 unspecified atom stereocenters. The number of rotatable bonds is 14. The maximum Gasteiger partial charge on any atom is 0.381 e. The number of ether oxygens (including phenoxy) is 2. The summed E-state index contributed by atoms with van der Waals surface area (Å²) in [7, 11) is -12.3. The lowest BCUT2D eigenvalue weighted by atomic mass is 10.1. The summed E-state index contributed by atoms with van der Waals surface area (Å²) in [6.07, 6.45) is -7.94. The summed E-state index contributed by atoms with van der Waals surface area (Å²) in [6, 6.07) is 0. The monoisotopic (exact) mass is 884 g/mol. The van der Waals surface area contributed by atoms with Crippen molar-refractivity contribution < 1.29 is 80.7 Å². The van der Waals surface area contributed by atoms with Crippen molar-refractivity contribution in [3.05, 3.63) is 25.3 Å². The molecule has 0 spiro atoms. The molecule has 0 radical (unpaired) electrons. The van der Waals surface area contributed by atoms with Crippen LogP contribution in [0.4, 0.5) is 16.0 Å². The third kappa shape index (κ3) is 8.27. The molecule has 26 nitrogen and oxygen atoms in total. The van der Waals surface area contributed by atoms with Crippen LogP contribution in [0, 0.1) is 0 Å². The highest BCUT2D eigenvalue weighted by Gasteiger charge is 2.54. The number of anilines is 2. The number of aromatic nitrogens is 8. The average Bonchev–Trinajstić information content (AvgIpc) is 3.84. The quantitative estimate of drug-likeness (QED) is 0.0624. The second-order valence-electron chi connectivity index (χ2n) is 11.4. The molecule has 2 aliphatic heterocycles. The van der Waals surface area contributed by atoms with Crippen LogP contribution in [0.3, 0.4) is 0 Å². The zero-order chi connectivity index (χ0) is 39.5. The molecule has 12 N–H and O–H groups in total. The van der Waals surface area contributed by atoms with Crippen LogP contribution >= 0.6 is 28.6 Å². The van der Waals surface area contributed by atoms with Gasteiger partial charge in [0.2, 0.25) is 0 Å². The molecule has 4 aromatic heterocycles. The van der Waals surface area contributed by atoms with Crippen LogP contribution in [-0.4, -0.2) is 135 Å². The third-order valence-corrected chi connectivity index (χ3v) is 16.9. The van der Waals surface area contributed by atoms with Gasteiger partial charge >= 0.3 is 34.3 Å². The SMILES string of the molecule is Nc1ncnc2c1ncn2[C@@H]1O[C@H](COP(O)(=S)OP(=O)(O)C(F)P(=O)(O)OP(O)(=S)OC[C@H]2O[C@@H](n3cnc4c(N)ncnc43)[C@H](O)[C@@H]2O)[C@@H](O)[C@H]1O. The lowest BCUT2D eigenvalue weighted by Crippen LogP contribution is -2.33. The fourth-order valence-corrected chi connectivity index (χ4v) is 13.6.